The molecule has 0 N–H and O–H groups in total. The molecule has 0 spiro atoms. The second kappa shape index (κ2) is 19.9. The van der Waals surface area contributed by atoms with Crippen molar-refractivity contribution in [2.75, 3.05) is 9.80 Å². The molecule has 0 fully saturated rings. The van der Waals surface area contributed by atoms with E-state index in [2.05, 4.69) is 245 Å². The number of aromatic nitrogens is 2. The maximum atomic E-state index is 7.03. The van der Waals surface area contributed by atoms with Gasteiger partial charge in [0.05, 0.1) is 0 Å². The van der Waals surface area contributed by atoms with Gasteiger partial charge in [0, 0.05) is 61.3 Å². The Labute approximate surface area is 433 Å². The molecule has 0 aliphatic carbocycles. The second-order valence-corrected chi connectivity index (χ2v) is 19.7. The van der Waals surface area contributed by atoms with Crippen LogP contribution in [-0.4, -0.2) is 9.55 Å². The number of hydrogen-bond acceptors (Lipinski definition) is 4. The number of ether oxygens (including phenoxy) is 1. The number of fused-ring (bicyclic) bond motifs is 4. The van der Waals surface area contributed by atoms with Gasteiger partial charge in [-0.3, -0.25) is 0 Å². The van der Waals surface area contributed by atoms with E-state index in [1.165, 1.54) is 44.6 Å². The number of hydrogen-bond donors (Lipinski definition) is 0. The SMILES string of the molecule is Cc1cc(C)c(N2[CH-]N(c3[c-]c(Oc4[c-]c5c(cc4)c4ccccc4n5-c4cc(-c5c(CC(C)C)cccc5CC(C)C)ccn4)cc(-c4ccccc4-c4ccccc4)c3)c3ccccc32)c(C)c1.[Pt]. The van der Waals surface area contributed by atoms with Crippen LogP contribution in [0.2, 0.25) is 0 Å². The van der Waals surface area contributed by atoms with E-state index in [9.17, 15) is 0 Å². The van der Waals surface area contributed by atoms with Crippen molar-refractivity contribution in [3.05, 3.63) is 223 Å². The standard InChI is InChI=1S/C65H57N4O.Pt/c1-42(2)32-48-20-17-21-49(33-43(3)4)64(48)50-30-31-66-63(38-50)69-59-25-14-13-24-57(59)58-29-28-53(40-62(58)69)70-54-37-51(56-23-12-11-22-55(56)47-18-9-8-10-19-47)36-52(39-54)67-41-68(61-27-16-15-26-60(61)67)65-45(6)34-44(5)35-46(65)7;/h8-31,34-38,41-43H,32-33H2,1-7H3;/q-3;. The average molecular weight is 1110 g/mol. The Bertz CT molecular complexity index is 3520. The molecule has 0 atom stereocenters. The van der Waals surface area contributed by atoms with Gasteiger partial charge in [0.1, 0.15) is 5.82 Å². The summed E-state index contributed by atoms with van der Waals surface area (Å²) in [7, 11) is 0. The Morgan fingerprint density at radius 2 is 1.18 bits per heavy atom. The van der Waals surface area contributed by atoms with Crippen LogP contribution in [0.15, 0.2) is 176 Å². The van der Waals surface area contributed by atoms with Crippen molar-refractivity contribution in [1.82, 2.24) is 9.55 Å². The Hall–Kier alpha value is -7.20. The molecule has 6 heteroatoms. The molecule has 1 aliphatic heterocycles. The zero-order valence-corrected chi connectivity index (χ0v) is 43.7. The molecule has 2 aromatic heterocycles. The molecule has 356 valence electrons. The summed E-state index contributed by atoms with van der Waals surface area (Å²) in [6.45, 7) is 18.0. The van der Waals surface area contributed by atoms with Crippen LogP contribution >= 0.6 is 0 Å². The molecule has 11 rings (SSSR count). The maximum absolute atomic E-state index is 7.03. The van der Waals surface area contributed by atoms with Gasteiger partial charge in [-0.15, -0.1) is 53.6 Å². The first-order valence-electron chi connectivity index (χ1n) is 24.6. The number of aryl methyl sites for hydroxylation is 3. The Morgan fingerprint density at radius 1 is 0.549 bits per heavy atom. The molecule has 3 heterocycles. The average Bonchev–Trinajstić information content (AvgIpc) is 3.89. The summed E-state index contributed by atoms with van der Waals surface area (Å²) < 4.78 is 9.28. The number of rotatable bonds is 12. The van der Waals surface area contributed by atoms with Gasteiger partial charge in [0.2, 0.25) is 0 Å². The van der Waals surface area contributed by atoms with Crippen LogP contribution in [0.5, 0.6) is 11.5 Å². The summed E-state index contributed by atoms with van der Waals surface area (Å²) in [5.74, 6) is 3.06. The van der Waals surface area contributed by atoms with Gasteiger partial charge < -0.3 is 19.1 Å². The number of anilines is 4. The molecular formula is C65H57N4OPt-3. The van der Waals surface area contributed by atoms with E-state index in [0.717, 1.165) is 79.8 Å². The van der Waals surface area contributed by atoms with Gasteiger partial charge in [0.15, 0.2) is 0 Å². The predicted molar refractivity (Wildman–Crippen MR) is 292 cm³/mol. The van der Waals surface area contributed by atoms with E-state index in [4.69, 9.17) is 9.72 Å². The Kier molecular flexibility index (Phi) is 13.3. The molecule has 10 aromatic rings. The zero-order valence-electron chi connectivity index (χ0n) is 41.4. The molecule has 1 aliphatic rings. The maximum Gasteiger partial charge on any atom is 0.136 e. The summed E-state index contributed by atoms with van der Waals surface area (Å²) in [4.78, 5) is 9.64. The number of benzene rings is 8. The van der Waals surface area contributed by atoms with Crippen LogP contribution in [0.4, 0.5) is 22.7 Å². The van der Waals surface area contributed by atoms with Gasteiger partial charge in [-0.05, 0) is 131 Å². The molecule has 8 aromatic carbocycles. The molecule has 0 radical (unpaired) electrons. The first-order valence-corrected chi connectivity index (χ1v) is 24.6. The molecular weight excluding hydrogens is 1050 g/mol. The molecule has 0 saturated heterocycles. The van der Waals surface area contributed by atoms with Gasteiger partial charge >= 0.3 is 0 Å². The fraction of sp³-hybridized carbons (Fsp3) is 0.169. The minimum absolute atomic E-state index is 0. The van der Waals surface area contributed by atoms with Crippen molar-refractivity contribution in [3.8, 4) is 50.7 Å². The van der Waals surface area contributed by atoms with Crippen LogP contribution in [-0.2, 0) is 33.9 Å². The van der Waals surface area contributed by atoms with Crippen LogP contribution in [0, 0.1) is 51.4 Å². The van der Waals surface area contributed by atoms with Gasteiger partial charge in [-0.25, -0.2) is 4.98 Å². The summed E-state index contributed by atoms with van der Waals surface area (Å²) >= 11 is 0. The Morgan fingerprint density at radius 3 is 1.89 bits per heavy atom. The summed E-state index contributed by atoms with van der Waals surface area (Å²) in [6, 6.07) is 68.2. The fourth-order valence-corrected chi connectivity index (χ4v) is 10.7. The molecule has 0 saturated carbocycles. The second-order valence-electron chi connectivity index (χ2n) is 19.7. The first-order chi connectivity index (χ1) is 34.1. The minimum atomic E-state index is 0. The Balaban J connectivity index is 0.00000582. The summed E-state index contributed by atoms with van der Waals surface area (Å²) in [5.41, 5.74) is 19.5. The molecule has 0 amide bonds. The fourth-order valence-electron chi connectivity index (χ4n) is 10.7. The van der Waals surface area contributed by atoms with Crippen molar-refractivity contribution < 1.29 is 25.8 Å². The number of nitrogens with zero attached hydrogens (tertiary/aromatic N) is 4. The van der Waals surface area contributed by atoms with Gasteiger partial charge in [-0.2, -0.15) is 6.07 Å². The molecule has 71 heavy (non-hydrogen) atoms. The minimum Gasteiger partial charge on any atom is -0.509 e. The third kappa shape index (κ3) is 9.21. The zero-order chi connectivity index (χ0) is 48.0. The van der Waals surface area contributed by atoms with E-state index >= 15 is 0 Å². The van der Waals surface area contributed by atoms with Crippen molar-refractivity contribution in [1.29, 1.82) is 0 Å². The third-order valence-electron chi connectivity index (χ3n) is 13.5. The van der Waals surface area contributed by atoms with Crippen molar-refractivity contribution in [3.63, 3.8) is 0 Å². The summed E-state index contributed by atoms with van der Waals surface area (Å²) in [6.07, 6.45) is 3.97. The monoisotopic (exact) mass is 1100 g/mol. The topological polar surface area (TPSA) is 33.5 Å². The molecule has 0 unspecified atom stereocenters. The van der Waals surface area contributed by atoms with Crippen LogP contribution in [0.25, 0.3) is 61.0 Å². The van der Waals surface area contributed by atoms with Crippen LogP contribution in [0.3, 0.4) is 0 Å². The van der Waals surface area contributed by atoms with E-state index in [-0.39, 0.29) is 21.1 Å². The normalized spacial score (nSPS) is 12.3. The largest absolute Gasteiger partial charge is 0.509 e. The van der Waals surface area contributed by atoms with Crippen molar-refractivity contribution in [2.45, 2.75) is 61.3 Å². The predicted octanol–water partition coefficient (Wildman–Crippen LogP) is 17.3. The molecule has 0 bridgehead atoms. The quantitative estimate of drug-likeness (QED) is 0.114. The van der Waals surface area contributed by atoms with E-state index < -0.39 is 0 Å². The van der Waals surface area contributed by atoms with E-state index in [0.29, 0.717) is 23.3 Å². The van der Waals surface area contributed by atoms with Crippen LogP contribution in [0.1, 0.15) is 55.5 Å². The summed E-state index contributed by atoms with van der Waals surface area (Å²) in [5, 5.41) is 2.21. The van der Waals surface area contributed by atoms with E-state index in [1.807, 2.05) is 12.3 Å². The third-order valence-corrected chi connectivity index (χ3v) is 13.5. The molecule has 5 nitrogen and oxygen atoms in total. The first kappa shape index (κ1) is 47.5. The van der Waals surface area contributed by atoms with Gasteiger partial charge in [-0.1, -0.05) is 154 Å². The van der Waals surface area contributed by atoms with Gasteiger partial charge in [0.25, 0.3) is 0 Å². The number of para-hydroxylation sites is 3. The van der Waals surface area contributed by atoms with Crippen molar-refractivity contribution >= 4 is 44.6 Å². The smallest absolute Gasteiger partial charge is 0.136 e. The van der Waals surface area contributed by atoms with E-state index in [1.54, 1.807) is 0 Å². The number of pyridine rings is 1. The van der Waals surface area contributed by atoms with Crippen LogP contribution < -0.4 is 14.5 Å². The van der Waals surface area contributed by atoms with Crippen molar-refractivity contribution in [2.24, 2.45) is 11.8 Å².